The molecule has 78 valence electrons. The van der Waals surface area contributed by atoms with E-state index in [1.165, 1.54) is 11.8 Å². The molecule has 4 heteroatoms. The highest BCUT2D eigenvalue weighted by molar-refractivity contribution is 8.14. The number of rotatable bonds is 6. The highest BCUT2D eigenvalue weighted by Gasteiger charge is 2.21. The predicted molar refractivity (Wildman–Crippen MR) is 61.6 cm³/mol. The van der Waals surface area contributed by atoms with Crippen LogP contribution in [0.2, 0.25) is 0 Å². The van der Waals surface area contributed by atoms with Crippen molar-refractivity contribution in [2.24, 2.45) is 0 Å². The third kappa shape index (κ3) is 7.40. The Morgan fingerprint density at radius 2 is 2.15 bits per heavy atom. The van der Waals surface area contributed by atoms with Gasteiger partial charge in [0.2, 0.25) is 0 Å². The van der Waals surface area contributed by atoms with E-state index < -0.39 is 0 Å². The number of ether oxygens (including phenoxy) is 1. The first-order valence-electron chi connectivity index (χ1n) is 4.42. The Hall–Kier alpha value is 0.330. The fourth-order valence-corrected chi connectivity index (χ4v) is 1.82. The van der Waals surface area contributed by atoms with Crippen LogP contribution in [0.5, 0.6) is 0 Å². The SMILES string of the molecule is CCC(=O)SC(C)(C)COCCS. The molecule has 0 fully saturated rings. The summed E-state index contributed by atoms with van der Waals surface area (Å²) < 4.78 is 5.23. The molecule has 0 aliphatic heterocycles. The molecule has 0 saturated carbocycles. The van der Waals surface area contributed by atoms with Gasteiger partial charge in [0, 0.05) is 16.9 Å². The Bertz CT molecular complexity index is 158. The molecule has 0 aliphatic rings. The fraction of sp³-hybridized carbons (Fsp3) is 0.889. The molecule has 0 rings (SSSR count). The summed E-state index contributed by atoms with van der Waals surface area (Å²) in [7, 11) is 0. The molecule has 2 nitrogen and oxygen atoms in total. The number of thiol groups is 1. The highest BCUT2D eigenvalue weighted by Crippen LogP contribution is 2.26. The summed E-state index contributed by atoms with van der Waals surface area (Å²) in [6.07, 6.45) is 0.584. The average molecular weight is 222 g/mol. The van der Waals surface area contributed by atoms with Crippen LogP contribution < -0.4 is 0 Å². The van der Waals surface area contributed by atoms with E-state index in [1.807, 2.05) is 20.8 Å². The van der Waals surface area contributed by atoms with Crippen molar-refractivity contribution in [3.8, 4) is 0 Å². The van der Waals surface area contributed by atoms with Crippen molar-refractivity contribution in [2.75, 3.05) is 19.0 Å². The molecule has 0 amide bonds. The Kier molecular flexibility index (Phi) is 6.91. The lowest BCUT2D eigenvalue weighted by Crippen LogP contribution is -2.25. The molecular formula is C9H18O2S2. The second kappa shape index (κ2) is 6.74. The molecule has 0 aromatic heterocycles. The van der Waals surface area contributed by atoms with Crippen LogP contribution in [0.25, 0.3) is 0 Å². The van der Waals surface area contributed by atoms with Crippen LogP contribution in [0.3, 0.4) is 0 Å². The first-order valence-corrected chi connectivity index (χ1v) is 5.87. The van der Waals surface area contributed by atoms with E-state index in [0.717, 1.165) is 5.75 Å². The average Bonchev–Trinajstić information content (AvgIpc) is 2.03. The van der Waals surface area contributed by atoms with Crippen LogP contribution in [0.1, 0.15) is 27.2 Å². The summed E-state index contributed by atoms with van der Waals surface area (Å²) in [6, 6.07) is 0. The number of hydrogen-bond donors (Lipinski definition) is 1. The topological polar surface area (TPSA) is 26.3 Å². The van der Waals surface area contributed by atoms with E-state index >= 15 is 0 Å². The molecule has 0 N–H and O–H groups in total. The summed E-state index contributed by atoms with van der Waals surface area (Å²) >= 11 is 5.40. The van der Waals surface area contributed by atoms with Gasteiger partial charge in [0.25, 0.3) is 0 Å². The van der Waals surface area contributed by atoms with Gasteiger partial charge < -0.3 is 4.74 Å². The van der Waals surface area contributed by atoms with Crippen molar-refractivity contribution in [1.29, 1.82) is 0 Å². The Morgan fingerprint density at radius 1 is 1.54 bits per heavy atom. The lowest BCUT2D eigenvalue weighted by Gasteiger charge is -2.22. The second-order valence-corrected chi connectivity index (χ2v) is 5.58. The van der Waals surface area contributed by atoms with Crippen LogP contribution in [0.4, 0.5) is 0 Å². The molecule has 0 spiro atoms. The monoisotopic (exact) mass is 222 g/mol. The minimum Gasteiger partial charge on any atom is -0.379 e. The summed E-state index contributed by atoms with van der Waals surface area (Å²) in [6.45, 7) is 7.16. The quantitative estimate of drug-likeness (QED) is 0.552. The summed E-state index contributed by atoms with van der Waals surface area (Å²) in [4.78, 5) is 11.2. The summed E-state index contributed by atoms with van der Waals surface area (Å²) in [5.41, 5.74) is 0. The molecule has 0 unspecified atom stereocenters. The van der Waals surface area contributed by atoms with E-state index in [1.54, 1.807) is 0 Å². The van der Waals surface area contributed by atoms with Gasteiger partial charge in [-0.2, -0.15) is 12.6 Å². The van der Waals surface area contributed by atoms with Gasteiger partial charge in [-0.05, 0) is 13.8 Å². The maximum Gasteiger partial charge on any atom is 0.189 e. The molecule has 0 atom stereocenters. The molecule has 0 radical (unpaired) electrons. The third-order valence-corrected chi connectivity index (χ3v) is 2.73. The molecule has 0 bridgehead atoms. The number of thioether (sulfide) groups is 1. The van der Waals surface area contributed by atoms with Crippen molar-refractivity contribution >= 4 is 29.5 Å². The van der Waals surface area contributed by atoms with E-state index in [0.29, 0.717) is 19.6 Å². The molecule has 0 saturated heterocycles. The first kappa shape index (κ1) is 13.3. The lowest BCUT2D eigenvalue weighted by atomic mass is 10.2. The van der Waals surface area contributed by atoms with Gasteiger partial charge in [-0.1, -0.05) is 18.7 Å². The van der Waals surface area contributed by atoms with Crippen molar-refractivity contribution in [3.05, 3.63) is 0 Å². The van der Waals surface area contributed by atoms with E-state index in [2.05, 4.69) is 12.6 Å². The van der Waals surface area contributed by atoms with Gasteiger partial charge in [-0.3, -0.25) is 4.79 Å². The van der Waals surface area contributed by atoms with E-state index in [-0.39, 0.29) is 9.86 Å². The van der Waals surface area contributed by atoms with E-state index in [4.69, 9.17) is 4.74 Å². The first-order chi connectivity index (χ1) is 6.02. The number of carbonyl (C=O) groups is 1. The molecule has 0 aromatic carbocycles. The van der Waals surface area contributed by atoms with E-state index in [9.17, 15) is 4.79 Å². The molecule has 0 heterocycles. The van der Waals surface area contributed by atoms with Gasteiger partial charge in [0.1, 0.15) is 0 Å². The predicted octanol–water partition coefficient (Wildman–Crippen LogP) is 2.38. The Labute approximate surface area is 90.2 Å². The van der Waals surface area contributed by atoms with Crippen molar-refractivity contribution in [1.82, 2.24) is 0 Å². The Balaban J connectivity index is 3.72. The minimum atomic E-state index is -0.115. The van der Waals surface area contributed by atoms with Crippen LogP contribution in [-0.4, -0.2) is 28.8 Å². The van der Waals surface area contributed by atoms with Crippen LogP contribution in [0.15, 0.2) is 0 Å². The van der Waals surface area contributed by atoms with Crippen molar-refractivity contribution in [3.63, 3.8) is 0 Å². The largest absolute Gasteiger partial charge is 0.379 e. The molecule has 0 aliphatic carbocycles. The highest BCUT2D eigenvalue weighted by atomic mass is 32.2. The zero-order chi connectivity index (χ0) is 10.3. The molecule has 13 heavy (non-hydrogen) atoms. The molecule has 0 aromatic rings. The van der Waals surface area contributed by atoms with Crippen LogP contribution in [-0.2, 0) is 9.53 Å². The number of carbonyl (C=O) groups excluding carboxylic acids is 1. The van der Waals surface area contributed by atoms with Gasteiger partial charge in [-0.15, -0.1) is 0 Å². The van der Waals surface area contributed by atoms with Crippen molar-refractivity contribution < 1.29 is 9.53 Å². The molecular weight excluding hydrogens is 204 g/mol. The minimum absolute atomic E-state index is 0.115. The van der Waals surface area contributed by atoms with Gasteiger partial charge in [0.05, 0.1) is 13.2 Å². The lowest BCUT2D eigenvalue weighted by molar-refractivity contribution is -0.110. The standard InChI is InChI=1S/C9H18O2S2/c1-4-8(10)13-9(2,3)7-11-5-6-12/h12H,4-7H2,1-3H3. The van der Waals surface area contributed by atoms with Crippen LogP contribution >= 0.6 is 24.4 Å². The van der Waals surface area contributed by atoms with Gasteiger partial charge >= 0.3 is 0 Å². The third-order valence-electron chi connectivity index (χ3n) is 1.36. The van der Waals surface area contributed by atoms with Crippen molar-refractivity contribution in [2.45, 2.75) is 31.9 Å². The van der Waals surface area contributed by atoms with Crippen LogP contribution in [0, 0.1) is 0 Å². The maximum atomic E-state index is 11.2. The van der Waals surface area contributed by atoms with Gasteiger partial charge in [-0.25, -0.2) is 0 Å². The summed E-state index contributed by atoms with van der Waals surface area (Å²) in [5.74, 6) is 0.725. The normalized spacial score (nSPS) is 11.7. The second-order valence-electron chi connectivity index (χ2n) is 3.36. The zero-order valence-electron chi connectivity index (χ0n) is 8.50. The smallest absolute Gasteiger partial charge is 0.189 e. The zero-order valence-corrected chi connectivity index (χ0v) is 10.2. The number of hydrogen-bond acceptors (Lipinski definition) is 4. The maximum absolute atomic E-state index is 11.2. The Morgan fingerprint density at radius 3 is 2.62 bits per heavy atom. The fourth-order valence-electron chi connectivity index (χ4n) is 0.792. The van der Waals surface area contributed by atoms with Gasteiger partial charge in [0.15, 0.2) is 5.12 Å². The summed E-state index contributed by atoms with van der Waals surface area (Å²) in [5, 5.41) is 0.222.